The third kappa shape index (κ3) is 2.91. The Bertz CT molecular complexity index is 679. The molecular weight excluding hydrogens is 286 g/mol. The van der Waals surface area contributed by atoms with Crippen molar-refractivity contribution in [2.75, 3.05) is 25.6 Å². The molecule has 0 spiro atoms. The van der Waals surface area contributed by atoms with Crippen LogP contribution in [0.3, 0.4) is 0 Å². The third-order valence-electron chi connectivity index (χ3n) is 3.43. The number of nitrogens with zero attached hydrogens (tertiary/aromatic N) is 4. The first-order valence-corrected chi connectivity index (χ1v) is 6.98. The first kappa shape index (κ1) is 14.5. The lowest BCUT2D eigenvalue weighted by Crippen LogP contribution is -2.21. The molecule has 1 aliphatic heterocycles. The van der Waals surface area contributed by atoms with Crippen LogP contribution in [0, 0.1) is 6.92 Å². The average Bonchev–Trinajstić information content (AvgIpc) is 3.20. The van der Waals surface area contributed by atoms with Gasteiger partial charge in [-0.1, -0.05) is 0 Å². The lowest BCUT2D eigenvalue weighted by Gasteiger charge is -2.12. The van der Waals surface area contributed by atoms with E-state index in [-0.39, 0.29) is 11.7 Å². The maximum atomic E-state index is 11.5. The van der Waals surface area contributed by atoms with Crippen molar-refractivity contribution < 1.29 is 14.3 Å². The smallest absolute Gasteiger partial charge is 0.358 e. The van der Waals surface area contributed by atoms with Gasteiger partial charge in [0.15, 0.2) is 5.69 Å². The maximum Gasteiger partial charge on any atom is 0.358 e. The Morgan fingerprint density at radius 3 is 3.09 bits per heavy atom. The number of methoxy groups -OCH3 is 1. The van der Waals surface area contributed by atoms with Gasteiger partial charge in [0.1, 0.15) is 12.1 Å². The van der Waals surface area contributed by atoms with Crippen LogP contribution in [0.15, 0.2) is 18.7 Å². The first-order chi connectivity index (χ1) is 10.7. The highest BCUT2D eigenvalue weighted by Gasteiger charge is 2.17. The molecule has 116 valence electrons. The van der Waals surface area contributed by atoms with E-state index in [4.69, 9.17) is 4.74 Å². The second-order valence-electron chi connectivity index (χ2n) is 5.06. The fourth-order valence-electron chi connectivity index (χ4n) is 2.24. The highest BCUT2D eigenvalue weighted by Crippen LogP contribution is 2.15. The van der Waals surface area contributed by atoms with E-state index in [1.807, 2.05) is 6.92 Å². The molecule has 2 aromatic heterocycles. The van der Waals surface area contributed by atoms with Crippen LogP contribution >= 0.6 is 0 Å². The molecule has 1 N–H and O–H groups in total. The molecule has 0 aliphatic carbocycles. The number of nitrogens with one attached hydrogen (secondary N) is 1. The van der Waals surface area contributed by atoms with Gasteiger partial charge < -0.3 is 14.8 Å². The number of ether oxygens (including phenoxy) is 2. The summed E-state index contributed by atoms with van der Waals surface area (Å²) in [5, 5.41) is 3.25. The number of hydrogen-bond donors (Lipinski definition) is 1. The Kier molecular flexibility index (Phi) is 4.01. The molecule has 0 radical (unpaired) electrons. The third-order valence-corrected chi connectivity index (χ3v) is 3.43. The van der Waals surface area contributed by atoms with E-state index in [1.165, 1.54) is 13.4 Å². The molecule has 3 rings (SSSR count). The van der Waals surface area contributed by atoms with E-state index in [0.29, 0.717) is 18.4 Å². The van der Waals surface area contributed by atoms with Gasteiger partial charge in [0.25, 0.3) is 0 Å². The van der Waals surface area contributed by atoms with Gasteiger partial charge in [-0.2, -0.15) is 4.98 Å². The number of rotatable bonds is 4. The Labute approximate surface area is 127 Å². The van der Waals surface area contributed by atoms with Gasteiger partial charge in [0, 0.05) is 24.6 Å². The molecule has 0 bridgehead atoms. The minimum atomic E-state index is -0.480. The second kappa shape index (κ2) is 6.10. The summed E-state index contributed by atoms with van der Waals surface area (Å²) in [6, 6.07) is 0.226. The first-order valence-electron chi connectivity index (χ1n) is 6.98. The number of imidazole rings is 1. The molecule has 8 heteroatoms. The molecule has 1 atom stereocenters. The van der Waals surface area contributed by atoms with Crippen molar-refractivity contribution in [3.8, 4) is 5.82 Å². The quantitative estimate of drug-likeness (QED) is 0.841. The standard InChI is InChI=1S/C14H17N5O3/c1-9-5-15-14(17-10-3-4-22-7-10)18-12(9)19-6-11(16-8-19)13(20)21-2/h5-6,8,10H,3-4,7H2,1-2H3,(H,15,17,18). The molecule has 0 aromatic carbocycles. The number of esters is 1. The van der Waals surface area contributed by atoms with Crippen LogP contribution < -0.4 is 5.32 Å². The Balaban J connectivity index is 1.85. The molecule has 22 heavy (non-hydrogen) atoms. The zero-order chi connectivity index (χ0) is 15.5. The van der Waals surface area contributed by atoms with Gasteiger partial charge in [-0.05, 0) is 13.3 Å². The molecular formula is C14H17N5O3. The number of hydrogen-bond acceptors (Lipinski definition) is 7. The largest absolute Gasteiger partial charge is 0.464 e. The zero-order valence-electron chi connectivity index (χ0n) is 12.4. The van der Waals surface area contributed by atoms with Gasteiger partial charge in [-0.3, -0.25) is 4.57 Å². The molecule has 1 saturated heterocycles. The van der Waals surface area contributed by atoms with Gasteiger partial charge in [0.05, 0.1) is 19.8 Å². The Hall–Kier alpha value is -2.48. The average molecular weight is 303 g/mol. The molecule has 1 aliphatic rings. The van der Waals surface area contributed by atoms with Crippen molar-refractivity contribution in [3.63, 3.8) is 0 Å². The number of aryl methyl sites for hydroxylation is 1. The molecule has 2 aromatic rings. The predicted octanol–water partition coefficient (Wildman–Crippen LogP) is 0.958. The molecule has 0 saturated carbocycles. The van der Waals surface area contributed by atoms with Gasteiger partial charge >= 0.3 is 5.97 Å². The summed E-state index contributed by atoms with van der Waals surface area (Å²) in [5.74, 6) is 0.718. The van der Waals surface area contributed by atoms with Crippen molar-refractivity contribution in [2.24, 2.45) is 0 Å². The number of anilines is 1. The van der Waals surface area contributed by atoms with Crippen molar-refractivity contribution in [3.05, 3.63) is 30.0 Å². The minimum Gasteiger partial charge on any atom is -0.464 e. The zero-order valence-corrected chi connectivity index (χ0v) is 12.4. The van der Waals surface area contributed by atoms with Crippen LogP contribution in [0.25, 0.3) is 5.82 Å². The minimum absolute atomic E-state index is 0.226. The fourth-order valence-corrected chi connectivity index (χ4v) is 2.24. The van der Waals surface area contributed by atoms with E-state index in [0.717, 1.165) is 18.6 Å². The van der Waals surface area contributed by atoms with Gasteiger partial charge in [-0.15, -0.1) is 0 Å². The van der Waals surface area contributed by atoms with Gasteiger partial charge in [0.2, 0.25) is 5.95 Å². The normalized spacial score (nSPS) is 17.5. The summed E-state index contributed by atoms with van der Waals surface area (Å²) in [6.07, 6.45) is 5.79. The molecule has 3 heterocycles. The lowest BCUT2D eigenvalue weighted by atomic mass is 10.3. The van der Waals surface area contributed by atoms with Crippen molar-refractivity contribution in [2.45, 2.75) is 19.4 Å². The van der Waals surface area contributed by atoms with Crippen LogP contribution in [-0.2, 0) is 9.47 Å². The summed E-state index contributed by atoms with van der Waals surface area (Å²) in [7, 11) is 1.32. The van der Waals surface area contributed by atoms with Crippen LogP contribution in [-0.4, -0.2) is 51.9 Å². The van der Waals surface area contributed by atoms with E-state index in [1.54, 1.807) is 17.0 Å². The number of aromatic nitrogens is 4. The summed E-state index contributed by atoms with van der Waals surface area (Å²) in [6.45, 7) is 3.31. The van der Waals surface area contributed by atoms with Crippen molar-refractivity contribution in [1.82, 2.24) is 19.5 Å². The summed E-state index contributed by atoms with van der Waals surface area (Å²) < 4.78 is 11.7. The molecule has 1 fully saturated rings. The number of carbonyl (C=O) groups excluding carboxylic acids is 1. The van der Waals surface area contributed by atoms with Crippen molar-refractivity contribution >= 4 is 11.9 Å². The summed E-state index contributed by atoms with van der Waals surface area (Å²) in [4.78, 5) is 24.3. The van der Waals surface area contributed by atoms with E-state index >= 15 is 0 Å². The Morgan fingerprint density at radius 2 is 2.36 bits per heavy atom. The molecule has 1 unspecified atom stereocenters. The summed E-state index contributed by atoms with van der Waals surface area (Å²) >= 11 is 0. The van der Waals surface area contributed by atoms with Gasteiger partial charge in [-0.25, -0.2) is 14.8 Å². The topological polar surface area (TPSA) is 91.2 Å². The molecule has 0 amide bonds. The van der Waals surface area contributed by atoms with E-state index in [9.17, 15) is 4.79 Å². The lowest BCUT2D eigenvalue weighted by molar-refractivity contribution is 0.0594. The van der Waals surface area contributed by atoms with Crippen LogP contribution in [0.1, 0.15) is 22.5 Å². The van der Waals surface area contributed by atoms with Crippen molar-refractivity contribution in [1.29, 1.82) is 0 Å². The number of carbonyl (C=O) groups is 1. The predicted molar refractivity (Wildman–Crippen MR) is 78.1 cm³/mol. The van der Waals surface area contributed by atoms with Crippen LogP contribution in [0.4, 0.5) is 5.95 Å². The van der Waals surface area contributed by atoms with E-state index in [2.05, 4.69) is 25.0 Å². The van der Waals surface area contributed by atoms with Crippen LogP contribution in [0.5, 0.6) is 0 Å². The Morgan fingerprint density at radius 1 is 1.50 bits per heavy atom. The summed E-state index contributed by atoms with van der Waals surface area (Å²) in [5.41, 5.74) is 1.11. The second-order valence-corrected chi connectivity index (χ2v) is 5.06. The monoisotopic (exact) mass is 303 g/mol. The molecule has 8 nitrogen and oxygen atoms in total. The highest BCUT2D eigenvalue weighted by molar-refractivity contribution is 5.86. The maximum absolute atomic E-state index is 11.5. The highest BCUT2D eigenvalue weighted by atomic mass is 16.5. The van der Waals surface area contributed by atoms with Crippen LogP contribution in [0.2, 0.25) is 0 Å². The van der Waals surface area contributed by atoms with E-state index < -0.39 is 5.97 Å². The fraction of sp³-hybridized carbons (Fsp3) is 0.429. The SMILES string of the molecule is COC(=O)c1cn(-c2nc(NC3CCOC3)ncc2C)cn1.